The highest BCUT2D eigenvalue weighted by molar-refractivity contribution is 7.74. The van der Waals surface area contributed by atoms with Gasteiger partial charge in [-0.25, -0.2) is 8.42 Å². The third-order valence-corrected chi connectivity index (χ3v) is 2.73. The van der Waals surface area contributed by atoms with Crippen molar-refractivity contribution in [2.75, 3.05) is 11.4 Å². The van der Waals surface area contributed by atoms with E-state index in [1.165, 1.54) is 11.4 Å². The van der Waals surface area contributed by atoms with Gasteiger partial charge in [-0.2, -0.15) is 5.10 Å². The van der Waals surface area contributed by atoms with E-state index in [2.05, 4.69) is 5.10 Å². The number of hydrogen-bond donors (Lipinski definition) is 1. The minimum absolute atomic E-state index is 0.665. The zero-order valence-corrected chi connectivity index (χ0v) is 9.00. The van der Waals surface area contributed by atoms with Crippen LogP contribution in [0.25, 0.3) is 0 Å². The highest BCUT2D eigenvalue weighted by atomic mass is 32.2. The first-order valence-electron chi connectivity index (χ1n) is 3.83. The molecule has 1 rings (SSSR count). The molecule has 0 aliphatic rings. The van der Waals surface area contributed by atoms with E-state index in [9.17, 15) is 8.42 Å². The van der Waals surface area contributed by atoms with Crippen LogP contribution >= 0.6 is 0 Å². The lowest BCUT2D eigenvalue weighted by molar-refractivity contribution is 0.613. The second-order valence-electron chi connectivity index (χ2n) is 2.90. The standard InChI is InChI=1S/C7H13N3O2S/c1-5-7(10(4)13(11)12)6(2)9(3)8-5/h13H,1-4H3. The number of thiol groups is 1. The van der Waals surface area contributed by atoms with Crippen LogP contribution in [0.1, 0.15) is 11.4 Å². The number of hydrogen-bond acceptors (Lipinski definition) is 3. The van der Waals surface area contributed by atoms with E-state index < -0.39 is 10.9 Å². The maximum atomic E-state index is 10.7. The summed E-state index contributed by atoms with van der Waals surface area (Å²) >= 11 is 0. The molecule has 0 unspecified atom stereocenters. The van der Waals surface area contributed by atoms with Crippen LogP contribution in [0.15, 0.2) is 0 Å². The molecule has 1 aromatic heterocycles. The lowest BCUT2D eigenvalue weighted by atomic mass is 10.3. The Labute approximate surface area is 79.1 Å². The van der Waals surface area contributed by atoms with E-state index in [1.54, 1.807) is 18.7 Å². The van der Waals surface area contributed by atoms with Crippen molar-refractivity contribution in [2.45, 2.75) is 13.8 Å². The molecule has 0 aliphatic heterocycles. The van der Waals surface area contributed by atoms with Crippen LogP contribution in [-0.2, 0) is 17.9 Å². The van der Waals surface area contributed by atoms with E-state index in [0.717, 1.165) is 11.4 Å². The second-order valence-corrected chi connectivity index (χ2v) is 3.98. The fraction of sp³-hybridized carbons (Fsp3) is 0.571. The molecule has 0 aromatic carbocycles. The summed E-state index contributed by atoms with van der Waals surface area (Å²) in [5.41, 5.74) is 2.24. The number of rotatable bonds is 2. The third-order valence-electron chi connectivity index (χ3n) is 2.04. The van der Waals surface area contributed by atoms with Crippen molar-refractivity contribution in [3.63, 3.8) is 0 Å². The van der Waals surface area contributed by atoms with Crippen LogP contribution in [0, 0.1) is 13.8 Å². The molecule has 0 spiro atoms. The molecule has 0 N–H and O–H groups in total. The molecule has 6 heteroatoms. The Kier molecular flexibility index (Phi) is 2.60. The molecule has 0 amide bonds. The molecule has 13 heavy (non-hydrogen) atoms. The van der Waals surface area contributed by atoms with Gasteiger partial charge in [0.05, 0.1) is 17.1 Å². The molecule has 74 valence electrons. The summed E-state index contributed by atoms with van der Waals surface area (Å²) in [6, 6.07) is 0. The fourth-order valence-corrected chi connectivity index (χ4v) is 1.77. The Balaban J connectivity index is 3.28. The maximum Gasteiger partial charge on any atom is 0.224 e. The van der Waals surface area contributed by atoms with Gasteiger partial charge in [0.1, 0.15) is 0 Å². The van der Waals surface area contributed by atoms with Crippen LogP contribution in [0.5, 0.6) is 0 Å². The second kappa shape index (κ2) is 3.37. The van der Waals surface area contributed by atoms with Crippen LogP contribution in [-0.4, -0.2) is 25.2 Å². The van der Waals surface area contributed by atoms with E-state index in [1.807, 2.05) is 6.92 Å². The first-order chi connectivity index (χ1) is 5.95. The largest absolute Gasteiger partial charge is 0.272 e. The zero-order chi connectivity index (χ0) is 10.2. The minimum atomic E-state index is -2.58. The summed E-state index contributed by atoms with van der Waals surface area (Å²) < 4.78 is 24.4. The summed E-state index contributed by atoms with van der Waals surface area (Å²) in [4.78, 5) is 0. The molecule has 0 saturated carbocycles. The third kappa shape index (κ3) is 1.67. The average molecular weight is 203 g/mol. The smallest absolute Gasteiger partial charge is 0.224 e. The predicted octanol–water partition coefficient (Wildman–Crippen LogP) is -0.000460. The van der Waals surface area contributed by atoms with E-state index in [-0.39, 0.29) is 0 Å². The summed E-state index contributed by atoms with van der Waals surface area (Å²) in [5, 5.41) is 4.12. The minimum Gasteiger partial charge on any atom is -0.272 e. The van der Waals surface area contributed by atoms with Gasteiger partial charge in [-0.15, -0.1) is 0 Å². The first kappa shape index (κ1) is 10.0. The van der Waals surface area contributed by atoms with E-state index >= 15 is 0 Å². The van der Waals surface area contributed by atoms with Crippen LogP contribution in [0.4, 0.5) is 5.69 Å². The van der Waals surface area contributed by atoms with Crippen molar-refractivity contribution >= 4 is 16.6 Å². The van der Waals surface area contributed by atoms with E-state index in [4.69, 9.17) is 0 Å². The molecule has 0 atom stereocenters. The van der Waals surface area contributed by atoms with Gasteiger partial charge in [0.2, 0.25) is 10.9 Å². The summed E-state index contributed by atoms with van der Waals surface area (Å²) in [7, 11) is 0.729. The monoisotopic (exact) mass is 203 g/mol. The Bertz CT molecular complexity index is 387. The molecule has 0 bridgehead atoms. The van der Waals surface area contributed by atoms with Crippen LogP contribution < -0.4 is 4.31 Å². The van der Waals surface area contributed by atoms with E-state index in [0.29, 0.717) is 5.69 Å². The normalized spacial score (nSPS) is 10.8. The maximum absolute atomic E-state index is 10.7. The Morgan fingerprint density at radius 1 is 1.38 bits per heavy atom. The number of aromatic nitrogens is 2. The number of anilines is 1. The van der Waals surface area contributed by atoms with Crippen molar-refractivity contribution in [2.24, 2.45) is 7.05 Å². The molecule has 1 aromatic rings. The van der Waals surface area contributed by atoms with Gasteiger partial charge in [0.15, 0.2) is 0 Å². The Morgan fingerprint density at radius 3 is 2.23 bits per heavy atom. The quantitative estimate of drug-likeness (QED) is 0.688. The zero-order valence-electron chi connectivity index (χ0n) is 8.11. The summed E-state index contributed by atoms with van der Waals surface area (Å²) in [6.45, 7) is 3.63. The molecule has 1 heterocycles. The van der Waals surface area contributed by atoms with Gasteiger partial charge in [0, 0.05) is 14.1 Å². The Morgan fingerprint density at radius 2 is 1.92 bits per heavy atom. The SMILES string of the molecule is Cc1nn(C)c(C)c1N(C)[SH](=O)=O. The molecular formula is C7H13N3O2S. The van der Waals surface area contributed by atoms with Crippen molar-refractivity contribution in [3.8, 4) is 0 Å². The first-order valence-corrected chi connectivity index (χ1v) is 4.96. The predicted molar refractivity (Wildman–Crippen MR) is 51.4 cm³/mol. The van der Waals surface area contributed by atoms with Crippen molar-refractivity contribution in [1.82, 2.24) is 9.78 Å². The van der Waals surface area contributed by atoms with Crippen molar-refractivity contribution < 1.29 is 8.42 Å². The lowest BCUT2D eigenvalue weighted by Gasteiger charge is -2.10. The molecule has 0 aliphatic carbocycles. The number of nitrogens with zero attached hydrogens (tertiary/aromatic N) is 3. The fourth-order valence-electron chi connectivity index (χ4n) is 1.31. The molecule has 0 radical (unpaired) electrons. The van der Waals surface area contributed by atoms with Crippen LogP contribution in [0.2, 0.25) is 0 Å². The Hall–Kier alpha value is -1.04. The lowest BCUT2D eigenvalue weighted by Crippen LogP contribution is -2.15. The van der Waals surface area contributed by atoms with Crippen LogP contribution in [0.3, 0.4) is 0 Å². The highest BCUT2D eigenvalue weighted by Crippen LogP contribution is 2.21. The molecule has 0 fully saturated rings. The van der Waals surface area contributed by atoms with Gasteiger partial charge in [-0.05, 0) is 13.8 Å². The summed E-state index contributed by atoms with van der Waals surface area (Å²) in [5.74, 6) is 0. The van der Waals surface area contributed by atoms with Gasteiger partial charge in [-0.1, -0.05) is 0 Å². The highest BCUT2D eigenvalue weighted by Gasteiger charge is 2.14. The summed E-state index contributed by atoms with van der Waals surface area (Å²) in [6.07, 6.45) is 0. The van der Waals surface area contributed by atoms with Gasteiger partial charge >= 0.3 is 0 Å². The topological polar surface area (TPSA) is 55.2 Å². The van der Waals surface area contributed by atoms with Gasteiger partial charge in [0.25, 0.3) is 0 Å². The van der Waals surface area contributed by atoms with Crippen molar-refractivity contribution in [3.05, 3.63) is 11.4 Å². The molecule has 5 nitrogen and oxygen atoms in total. The van der Waals surface area contributed by atoms with Crippen molar-refractivity contribution in [1.29, 1.82) is 0 Å². The molecule has 0 saturated heterocycles. The average Bonchev–Trinajstić information content (AvgIpc) is 2.26. The van der Waals surface area contributed by atoms with Gasteiger partial charge < -0.3 is 0 Å². The van der Waals surface area contributed by atoms with Gasteiger partial charge in [-0.3, -0.25) is 8.99 Å². The number of aryl methyl sites for hydroxylation is 2. The molecular weight excluding hydrogens is 190 g/mol.